The van der Waals surface area contributed by atoms with Crippen LogP contribution in [0.5, 0.6) is 0 Å². The lowest BCUT2D eigenvalue weighted by molar-refractivity contribution is -0.125. The van der Waals surface area contributed by atoms with E-state index in [4.69, 9.17) is 14.2 Å². The third kappa shape index (κ3) is 4.55. The molecule has 19 heavy (non-hydrogen) atoms. The number of rotatable bonds is 6. The summed E-state index contributed by atoms with van der Waals surface area (Å²) in [5, 5.41) is 0. The smallest absolute Gasteiger partial charge is 0.132 e. The Morgan fingerprint density at radius 2 is 1.89 bits per heavy atom. The van der Waals surface area contributed by atoms with E-state index in [1.807, 2.05) is 0 Å². The lowest BCUT2D eigenvalue weighted by Crippen LogP contribution is -2.37. The standard InChI is InChI=1S/C15H26O4/c1-17-11-15(6-2-14(16)3-7-15)12-19-10-13-4-8-18-9-5-13/h13H,2-12H2,1H3. The molecule has 0 atom stereocenters. The van der Waals surface area contributed by atoms with Gasteiger partial charge in [-0.2, -0.15) is 0 Å². The Balaban J connectivity index is 1.75. The summed E-state index contributed by atoms with van der Waals surface area (Å²) in [4.78, 5) is 11.4. The van der Waals surface area contributed by atoms with Crippen molar-refractivity contribution in [3.8, 4) is 0 Å². The molecule has 0 aromatic carbocycles. The summed E-state index contributed by atoms with van der Waals surface area (Å²) in [6.07, 6.45) is 5.40. The van der Waals surface area contributed by atoms with Crippen molar-refractivity contribution < 1.29 is 19.0 Å². The molecule has 0 aromatic heterocycles. The highest BCUT2D eigenvalue weighted by atomic mass is 16.5. The Hall–Kier alpha value is -0.450. The van der Waals surface area contributed by atoms with Crippen LogP contribution in [0, 0.1) is 11.3 Å². The SMILES string of the molecule is COCC1(COCC2CCOCC2)CCC(=O)CC1. The molecule has 1 saturated heterocycles. The molecule has 2 fully saturated rings. The van der Waals surface area contributed by atoms with Crippen LogP contribution >= 0.6 is 0 Å². The van der Waals surface area contributed by atoms with Crippen molar-refractivity contribution >= 4 is 5.78 Å². The molecule has 1 saturated carbocycles. The second kappa shape index (κ2) is 7.36. The van der Waals surface area contributed by atoms with Gasteiger partial charge in [0.15, 0.2) is 0 Å². The lowest BCUT2D eigenvalue weighted by Gasteiger charge is -2.36. The first-order chi connectivity index (χ1) is 9.24. The summed E-state index contributed by atoms with van der Waals surface area (Å²) < 4.78 is 16.7. The highest BCUT2D eigenvalue weighted by Gasteiger charge is 2.35. The number of carbonyl (C=O) groups excluding carboxylic acids is 1. The Kier molecular flexibility index (Phi) is 5.79. The number of hydrogen-bond donors (Lipinski definition) is 0. The highest BCUT2D eigenvalue weighted by molar-refractivity contribution is 5.79. The molecule has 0 spiro atoms. The topological polar surface area (TPSA) is 44.8 Å². The molecule has 1 aliphatic carbocycles. The van der Waals surface area contributed by atoms with Crippen LogP contribution in [0.2, 0.25) is 0 Å². The van der Waals surface area contributed by atoms with Crippen molar-refractivity contribution in [2.75, 3.05) is 40.1 Å². The molecule has 2 rings (SSSR count). The van der Waals surface area contributed by atoms with Crippen LogP contribution in [0.15, 0.2) is 0 Å². The van der Waals surface area contributed by atoms with Gasteiger partial charge in [0.25, 0.3) is 0 Å². The van der Waals surface area contributed by atoms with E-state index >= 15 is 0 Å². The van der Waals surface area contributed by atoms with E-state index in [2.05, 4.69) is 0 Å². The molecule has 0 unspecified atom stereocenters. The number of methoxy groups -OCH3 is 1. The Bertz CT molecular complexity index is 274. The summed E-state index contributed by atoms with van der Waals surface area (Å²) >= 11 is 0. The molecule has 110 valence electrons. The minimum absolute atomic E-state index is 0.0633. The fourth-order valence-electron chi connectivity index (χ4n) is 3.05. The van der Waals surface area contributed by atoms with Crippen LogP contribution in [0.3, 0.4) is 0 Å². The van der Waals surface area contributed by atoms with Crippen LogP contribution in [-0.2, 0) is 19.0 Å². The zero-order chi connectivity index (χ0) is 13.6. The van der Waals surface area contributed by atoms with Gasteiger partial charge in [0.2, 0.25) is 0 Å². The molecule has 0 bridgehead atoms. The highest BCUT2D eigenvalue weighted by Crippen LogP contribution is 2.35. The van der Waals surface area contributed by atoms with Crippen LogP contribution < -0.4 is 0 Å². The van der Waals surface area contributed by atoms with Gasteiger partial charge in [0.1, 0.15) is 5.78 Å². The van der Waals surface area contributed by atoms with Gasteiger partial charge in [-0.25, -0.2) is 0 Å². The minimum atomic E-state index is 0.0633. The molecule has 4 heteroatoms. The maximum atomic E-state index is 11.4. The van der Waals surface area contributed by atoms with Gasteiger partial charge in [0.05, 0.1) is 13.2 Å². The maximum Gasteiger partial charge on any atom is 0.132 e. The maximum absolute atomic E-state index is 11.4. The summed E-state index contributed by atoms with van der Waals surface area (Å²) in [7, 11) is 1.73. The lowest BCUT2D eigenvalue weighted by atomic mass is 9.75. The van der Waals surface area contributed by atoms with E-state index in [1.54, 1.807) is 7.11 Å². The van der Waals surface area contributed by atoms with Crippen LogP contribution in [0.4, 0.5) is 0 Å². The molecule has 1 aliphatic heterocycles. The fraction of sp³-hybridized carbons (Fsp3) is 0.933. The molecule has 0 radical (unpaired) electrons. The first kappa shape index (κ1) is 14.9. The summed E-state index contributed by atoms with van der Waals surface area (Å²) in [6, 6.07) is 0. The molecule has 0 aromatic rings. The third-order valence-electron chi connectivity index (χ3n) is 4.42. The zero-order valence-corrected chi connectivity index (χ0v) is 12.0. The average molecular weight is 270 g/mol. The number of ether oxygens (including phenoxy) is 3. The fourth-order valence-corrected chi connectivity index (χ4v) is 3.05. The largest absolute Gasteiger partial charge is 0.384 e. The Morgan fingerprint density at radius 3 is 2.53 bits per heavy atom. The Labute approximate surface area is 115 Å². The van der Waals surface area contributed by atoms with Crippen LogP contribution in [0.25, 0.3) is 0 Å². The number of carbonyl (C=O) groups is 1. The number of Topliss-reactive ketones (excluding diaryl/α,β-unsaturated/α-hetero) is 1. The van der Waals surface area contributed by atoms with Crippen molar-refractivity contribution in [1.29, 1.82) is 0 Å². The second-order valence-corrected chi connectivity index (χ2v) is 6.04. The van der Waals surface area contributed by atoms with E-state index in [1.165, 1.54) is 0 Å². The minimum Gasteiger partial charge on any atom is -0.384 e. The first-order valence-corrected chi connectivity index (χ1v) is 7.40. The van der Waals surface area contributed by atoms with Gasteiger partial charge < -0.3 is 14.2 Å². The quantitative estimate of drug-likeness (QED) is 0.742. The molecule has 0 N–H and O–H groups in total. The van der Waals surface area contributed by atoms with Gasteiger partial charge in [-0.1, -0.05) is 0 Å². The normalized spacial score (nSPS) is 24.6. The van der Waals surface area contributed by atoms with Gasteiger partial charge in [-0.05, 0) is 31.6 Å². The number of hydrogen-bond acceptors (Lipinski definition) is 4. The molecular formula is C15H26O4. The van der Waals surface area contributed by atoms with Gasteiger partial charge in [-0.15, -0.1) is 0 Å². The molecule has 0 amide bonds. The monoisotopic (exact) mass is 270 g/mol. The molecular weight excluding hydrogens is 244 g/mol. The van der Waals surface area contributed by atoms with Crippen molar-refractivity contribution in [2.24, 2.45) is 11.3 Å². The van der Waals surface area contributed by atoms with Crippen molar-refractivity contribution in [2.45, 2.75) is 38.5 Å². The summed E-state index contributed by atoms with van der Waals surface area (Å²) in [5.74, 6) is 1.02. The predicted octanol–water partition coefficient (Wildman–Crippen LogP) is 2.21. The van der Waals surface area contributed by atoms with Crippen LogP contribution in [0.1, 0.15) is 38.5 Å². The van der Waals surface area contributed by atoms with Crippen molar-refractivity contribution in [3.05, 3.63) is 0 Å². The zero-order valence-electron chi connectivity index (χ0n) is 12.0. The predicted molar refractivity (Wildman–Crippen MR) is 72.1 cm³/mol. The van der Waals surface area contributed by atoms with Crippen LogP contribution in [-0.4, -0.2) is 45.9 Å². The van der Waals surface area contributed by atoms with E-state index in [-0.39, 0.29) is 5.41 Å². The third-order valence-corrected chi connectivity index (χ3v) is 4.42. The first-order valence-electron chi connectivity index (χ1n) is 7.40. The Morgan fingerprint density at radius 1 is 1.21 bits per heavy atom. The van der Waals surface area contributed by atoms with Gasteiger partial charge >= 0.3 is 0 Å². The summed E-state index contributed by atoms with van der Waals surface area (Å²) in [5.41, 5.74) is 0.0633. The number of ketones is 1. The van der Waals surface area contributed by atoms with Crippen molar-refractivity contribution in [1.82, 2.24) is 0 Å². The van der Waals surface area contributed by atoms with E-state index in [9.17, 15) is 4.79 Å². The van der Waals surface area contributed by atoms with Gasteiger partial charge in [0, 0.05) is 45.2 Å². The van der Waals surface area contributed by atoms with Gasteiger partial charge in [-0.3, -0.25) is 4.79 Å². The average Bonchev–Trinajstić information content (AvgIpc) is 2.44. The molecule has 1 heterocycles. The van der Waals surface area contributed by atoms with E-state index in [0.717, 1.165) is 52.1 Å². The van der Waals surface area contributed by atoms with E-state index < -0.39 is 0 Å². The molecule has 4 nitrogen and oxygen atoms in total. The second-order valence-electron chi connectivity index (χ2n) is 6.04. The van der Waals surface area contributed by atoms with E-state index in [0.29, 0.717) is 31.1 Å². The molecule has 2 aliphatic rings. The summed E-state index contributed by atoms with van der Waals surface area (Å²) in [6.45, 7) is 3.99. The van der Waals surface area contributed by atoms with Crippen molar-refractivity contribution in [3.63, 3.8) is 0 Å².